The summed E-state index contributed by atoms with van der Waals surface area (Å²) in [4.78, 5) is 0. The van der Waals surface area contributed by atoms with Crippen molar-refractivity contribution in [3.63, 3.8) is 0 Å². The predicted octanol–water partition coefficient (Wildman–Crippen LogP) is 1.60. The Labute approximate surface area is 68.9 Å². The molecular formula is C9H18O2. The molecule has 0 aliphatic carbocycles. The number of ether oxygens (including phenoxy) is 1. The highest BCUT2D eigenvalue weighted by atomic mass is 16.5. The van der Waals surface area contributed by atoms with Crippen LogP contribution < -0.4 is 0 Å². The van der Waals surface area contributed by atoms with Gasteiger partial charge in [-0.05, 0) is 12.3 Å². The van der Waals surface area contributed by atoms with Gasteiger partial charge in [-0.25, -0.2) is 0 Å². The maximum absolute atomic E-state index is 8.70. The van der Waals surface area contributed by atoms with Gasteiger partial charge in [0.25, 0.3) is 0 Å². The van der Waals surface area contributed by atoms with Crippen molar-refractivity contribution in [2.24, 2.45) is 5.92 Å². The van der Waals surface area contributed by atoms with Crippen molar-refractivity contribution in [1.29, 1.82) is 0 Å². The molecule has 0 aromatic carbocycles. The summed E-state index contributed by atoms with van der Waals surface area (Å²) >= 11 is 0. The minimum atomic E-state index is 0.198. The Balaban J connectivity index is 3.68. The van der Waals surface area contributed by atoms with E-state index in [4.69, 9.17) is 9.84 Å². The molecule has 0 fully saturated rings. The molecule has 0 amide bonds. The molecule has 0 spiro atoms. The first kappa shape index (κ1) is 10.7. The van der Waals surface area contributed by atoms with Crippen LogP contribution in [-0.4, -0.2) is 24.9 Å². The lowest BCUT2D eigenvalue weighted by molar-refractivity contribution is 0.137. The summed E-state index contributed by atoms with van der Waals surface area (Å²) in [5, 5.41) is 8.70. The molecule has 0 aliphatic rings. The maximum atomic E-state index is 8.70. The molecule has 2 unspecified atom stereocenters. The Hall–Kier alpha value is -0.340. The molecule has 2 nitrogen and oxygen atoms in total. The van der Waals surface area contributed by atoms with Crippen LogP contribution in [0.4, 0.5) is 0 Å². The fourth-order valence-corrected chi connectivity index (χ4v) is 0.756. The summed E-state index contributed by atoms with van der Waals surface area (Å²) in [5.41, 5.74) is 0. The lowest BCUT2D eigenvalue weighted by atomic mass is 10.1. The number of hydrogen-bond donors (Lipinski definition) is 1. The summed E-state index contributed by atoms with van der Waals surface area (Å²) in [6, 6.07) is 0. The Kier molecular flexibility index (Phi) is 6.18. The predicted molar refractivity (Wildman–Crippen MR) is 46.5 cm³/mol. The molecule has 0 saturated carbocycles. The van der Waals surface area contributed by atoms with Crippen molar-refractivity contribution in [3.8, 4) is 0 Å². The van der Waals surface area contributed by atoms with Gasteiger partial charge in [0.15, 0.2) is 0 Å². The third-order valence-corrected chi connectivity index (χ3v) is 1.65. The number of aliphatic hydroxyl groups excluding tert-OH is 1. The zero-order chi connectivity index (χ0) is 8.69. The van der Waals surface area contributed by atoms with E-state index >= 15 is 0 Å². The number of methoxy groups -OCH3 is 1. The summed E-state index contributed by atoms with van der Waals surface area (Å²) in [6.45, 7) is 4.25. The molecule has 0 bridgehead atoms. The zero-order valence-electron chi connectivity index (χ0n) is 7.58. The topological polar surface area (TPSA) is 29.5 Å². The van der Waals surface area contributed by atoms with Crippen LogP contribution in [0.3, 0.4) is 0 Å². The van der Waals surface area contributed by atoms with E-state index in [1.165, 1.54) is 0 Å². The average molecular weight is 158 g/mol. The minimum absolute atomic E-state index is 0.198. The van der Waals surface area contributed by atoms with E-state index in [0.29, 0.717) is 0 Å². The van der Waals surface area contributed by atoms with Gasteiger partial charge in [-0.1, -0.05) is 26.0 Å². The number of hydrogen-bond acceptors (Lipinski definition) is 2. The Morgan fingerprint density at radius 1 is 1.45 bits per heavy atom. The van der Waals surface area contributed by atoms with Crippen LogP contribution in [0.2, 0.25) is 0 Å². The molecule has 1 N–H and O–H groups in total. The highest BCUT2D eigenvalue weighted by Crippen LogP contribution is 2.01. The highest BCUT2D eigenvalue weighted by molar-refractivity contribution is 4.91. The van der Waals surface area contributed by atoms with Gasteiger partial charge in [-0.2, -0.15) is 0 Å². The standard InChI is InChI=1S/C9H18O2/c1-4-9(11-3)6-5-8(2)7-10/h5-6,8-10H,4,7H2,1-3H3. The molecule has 2 atom stereocenters. The van der Waals surface area contributed by atoms with Gasteiger partial charge >= 0.3 is 0 Å². The third kappa shape index (κ3) is 4.99. The molecule has 0 heterocycles. The molecule has 0 aromatic heterocycles. The van der Waals surface area contributed by atoms with E-state index in [1.54, 1.807) is 7.11 Å². The first-order valence-corrected chi connectivity index (χ1v) is 4.06. The lowest BCUT2D eigenvalue weighted by Crippen LogP contribution is -2.05. The Morgan fingerprint density at radius 2 is 2.09 bits per heavy atom. The van der Waals surface area contributed by atoms with Crippen LogP contribution in [-0.2, 0) is 4.74 Å². The first-order valence-electron chi connectivity index (χ1n) is 4.06. The first-order chi connectivity index (χ1) is 5.24. The van der Waals surface area contributed by atoms with Crippen LogP contribution >= 0.6 is 0 Å². The molecule has 0 rings (SSSR count). The van der Waals surface area contributed by atoms with Crippen molar-refractivity contribution >= 4 is 0 Å². The average Bonchev–Trinajstić information content (AvgIpc) is 2.06. The van der Waals surface area contributed by atoms with Crippen LogP contribution in [0.1, 0.15) is 20.3 Å². The maximum Gasteiger partial charge on any atom is 0.0749 e. The fraction of sp³-hybridized carbons (Fsp3) is 0.778. The smallest absolute Gasteiger partial charge is 0.0749 e. The fourth-order valence-electron chi connectivity index (χ4n) is 0.756. The van der Waals surface area contributed by atoms with Gasteiger partial charge in [-0.3, -0.25) is 0 Å². The van der Waals surface area contributed by atoms with E-state index in [1.807, 2.05) is 19.1 Å². The molecule has 0 radical (unpaired) electrons. The van der Waals surface area contributed by atoms with Crippen LogP contribution in [0.15, 0.2) is 12.2 Å². The monoisotopic (exact) mass is 158 g/mol. The third-order valence-electron chi connectivity index (χ3n) is 1.65. The van der Waals surface area contributed by atoms with Gasteiger partial charge in [0, 0.05) is 13.7 Å². The van der Waals surface area contributed by atoms with Gasteiger partial charge in [0.2, 0.25) is 0 Å². The number of rotatable bonds is 5. The van der Waals surface area contributed by atoms with Crippen molar-refractivity contribution in [3.05, 3.63) is 12.2 Å². The highest BCUT2D eigenvalue weighted by Gasteiger charge is 1.98. The molecule has 11 heavy (non-hydrogen) atoms. The van der Waals surface area contributed by atoms with Gasteiger partial charge < -0.3 is 9.84 Å². The van der Waals surface area contributed by atoms with Gasteiger partial charge in [-0.15, -0.1) is 0 Å². The molecule has 0 aliphatic heterocycles. The van der Waals surface area contributed by atoms with E-state index in [-0.39, 0.29) is 18.6 Å². The van der Waals surface area contributed by atoms with Crippen molar-refractivity contribution in [1.82, 2.24) is 0 Å². The molecule has 2 heteroatoms. The van der Waals surface area contributed by atoms with E-state index < -0.39 is 0 Å². The van der Waals surface area contributed by atoms with Crippen LogP contribution in [0, 0.1) is 5.92 Å². The quantitative estimate of drug-likeness (QED) is 0.616. The van der Waals surface area contributed by atoms with Crippen LogP contribution in [0.25, 0.3) is 0 Å². The largest absolute Gasteiger partial charge is 0.396 e. The van der Waals surface area contributed by atoms with Crippen molar-refractivity contribution in [2.75, 3.05) is 13.7 Å². The van der Waals surface area contributed by atoms with E-state index in [2.05, 4.69) is 6.92 Å². The second-order valence-electron chi connectivity index (χ2n) is 2.73. The summed E-state index contributed by atoms with van der Waals surface area (Å²) in [7, 11) is 1.70. The summed E-state index contributed by atoms with van der Waals surface area (Å²) in [5.74, 6) is 0.235. The second kappa shape index (κ2) is 6.38. The van der Waals surface area contributed by atoms with Crippen molar-refractivity contribution < 1.29 is 9.84 Å². The molecule has 66 valence electrons. The van der Waals surface area contributed by atoms with Crippen molar-refractivity contribution in [2.45, 2.75) is 26.4 Å². The molecular weight excluding hydrogens is 140 g/mol. The van der Waals surface area contributed by atoms with Gasteiger partial charge in [0.05, 0.1) is 6.10 Å². The molecule has 0 aromatic rings. The molecule has 0 saturated heterocycles. The SMILES string of the molecule is CCC(C=CC(C)CO)OC. The lowest BCUT2D eigenvalue weighted by Gasteiger charge is -2.07. The summed E-state index contributed by atoms with van der Waals surface area (Å²) < 4.78 is 5.13. The van der Waals surface area contributed by atoms with E-state index in [0.717, 1.165) is 6.42 Å². The Bertz CT molecular complexity index is 106. The Morgan fingerprint density at radius 3 is 2.45 bits per heavy atom. The van der Waals surface area contributed by atoms with E-state index in [9.17, 15) is 0 Å². The van der Waals surface area contributed by atoms with Crippen LogP contribution in [0.5, 0.6) is 0 Å². The summed E-state index contributed by atoms with van der Waals surface area (Å²) in [6.07, 6.45) is 5.16. The number of aliphatic hydroxyl groups is 1. The zero-order valence-corrected chi connectivity index (χ0v) is 7.58. The minimum Gasteiger partial charge on any atom is -0.396 e. The normalized spacial score (nSPS) is 17.1. The second-order valence-corrected chi connectivity index (χ2v) is 2.73. The van der Waals surface area contributed by atoms with Gasteiger partial charge in [0.1, 0.15) is 0 Å².